The monoisotopic (exact) mass is 701 g/mol. The molecule has 0 radical (unpaired) electrons. The van der Waals surface area contributed by atoms with Crippen molar-refractivity contribution in [2.75, 3.05) is 20.3 Å². The topological polar surface area (TPSA) is 128 Å². The maximum atomic E-state index is 13.7. The number of imide groups is 1. The number of benzene rings is 2. The maximum absolute atomic E-state index is 13.7. The Kier molecular flexibility index (Phi) is 10.3. The van der Waals surface area contributed by atoms with Crippen molar-refractivity contribution in [3.8, 4) is 11.5 Å². The molecule has 2 aliphatic carbocycles. The summed E-state index contributed by atoms with van der Waals surface area (Å²) < 4.78 is 5.99. The third-order valence-corrected chi connectivity index (χ3v) is 10.2. The average Bonchev–Trinajstić information content (AvgIpc) is 3.29. The molecule has 0 aromatic heterocycles. The first-order valence-corrected chi connectivity index (χ1v) is 16.2. The normalized spacial score (nSPS) is 24.0. The van der Waals surface area contributed by atoms with E-state index in [1.807, 2.05) is 42.5 Å². The van der Waals surface area contributed by atoms with Crippen LogP contribution in [0.25, 0.3) is 11.6 Å². The lowest BCUT2D eigenvalue weighted by Gasteiger charge is -2.36. The number of ether oxygens (including phenoxy) is 1. The Morgan fingerprint density at radius 1 is 1.09 bits per heavy atom. The van der Waals surface area contributed by atoms with Crippen molar-refractivity contribution in [2.45, 2.75) is 63.5 Å². The summed E-state index contributed by atoms with van der Waals surface area (Å²) in [5, 5.41) is 42.8. The molecule has 2 amide bonds. The van der Waals surface area contributed by atoms with Gasteiger partial charge in [-0.3, -0.25) is 14.5 Å². The second-order valence-corrected chi connectivity index (χ2v) is 13.0. The molecule has 9 heteroatoms. The Labute approximate surface area is 266 Å². The molecule has 3 aliphatic rings. The summed E-state index contributed by atoms with van der Waals surface area (Å²) in [5.74, 6) is -2.08. The van der Waals surface area contributed by atoms with Gasteiger partial charge in [-0.2, -0.15) is 0 Å². The number of methoxy groups -OCH3 is 1. The van der Waals surface area contributed by atoms with Gasteiger partial charge in [-0.25, -0.2) is 0 Å². The van der Waals surface area contributed by atoms with Crippen LogP contribution in [-0.2, 0) is 9.59 Å². The molecule has 5 rings (SSSR count). The highest BCUT2D eigenvalue weighted by Gasteiger charge is 2.56. The molecule has 1 heterocycles. The van der Waals surface area contributed by atoms with Gasteiger partial charge in [-0.05, 0) is 94.7 Å². The molecule has 0 unspecified atom stereocenters. The molecule has 0 bridgehead atoms. The van der Waals surface area contributed by atoms with Crippen LogP contribution in [0.15, 0.2) is 53.6 Å². The third-order valence-electron chi connectivity index (χ3n) is 9.35. The zero-order chi connectivity index (χ0) is 30.7. The molecular weight excluding hydrogens is 661 g/mol. The summed E-state index contributed by atoms with van der Waals surface area (Å²) in [7, 11) is 1.50. The number of aliphatic hydroxyl groups excluding tert-OH is 3. The van der Waals surface area contributed by atoms with E-state index in [2.05, 4.69) is 22.6 Å². The van der Waals surface area contributed by atoms with Gasteiger partial charge >= 0.3 is 0 Å². The fourth-order valence-corrected chi connectivity index (χ4v) is 7.89. The van der Waals surface area contributed by atoms with Gasteiger partial charge in [0, 0.05) is 12.0 Å². The van der Waals surface area contributed by atoms with Crippen LogP contribution in [0.2, 0.25) is 0 Å². The molecule has 4 N–H and O–H groups in total. The van der Waals surface area contributed by atoms with Crippen molar-refractivity contribution < 1.29 is 34.8 Å². The first kappa shape index (κ1) is 31.7. The third kappa shape index (κ3) is 6.41. The van der Waals surface area contributed by atoms with Gasteiger partial charge in [-0.1, -0.05) is 55.7 Å². The Morgan fingerprint density at radius 3 is 2.47 bits per heavy atom. The van der Waals surface area contributed by atoms with Gasteiger partial charge in [0.2, 0.25) is 11.8 Å². The van der Waals surface area contributed by atoms with E-state index in [0.29, 0.717) is 26.9 Å². The van der Waals surface area contributed by atoms with Crippen LogP contribution in [0.5, 0.6) is 11.5 Å². The number of aromatic hydroxyl groups is 1. The largest absolute Gasteiger partial charge is 0.504 e. The Morgan fingerprint density at radius 2 is 1.81 bits per heavy atom. The number of halogens is 1. The van der Waals surface area contributed by atoms with Crippen LogP contribution in [0, 0.1) is 21.3 Å². The highest BCUT2D eigenvalue weighted by atomic mass is 127. The predicted octanol–water partition coefficient (Wildman–Crippen LogP) is 4.92. The minimum absolute atomic E-state index is 0.0769. The lowest BCUT2D eigenvalue weighted by molar-refractivity contribution is -0.143. The highest BCUT2D eigenvalue weighted by Crippen LogP contribution is 2.47. The van der Waals surface area contributed by atoms with E-state index >= 15 is 0 Å². The Hall–Kier alpha value is -2.73. The second-order valence-electron chi connectivity index (χ2n) is 11.8. The fraction of sp³-hybridized carbons (Fsp3) is 0.471. The van der Waals surface area contributed by atoms with E-state index in [1.54, 1.807) is 6.07 Å². The Bertz CT molecular complexity index is 1400. The number of fused-ring (bicyclic) bond motifs is 1. The number of hydrogen-bond donors (Lipinski definition) is 4. The van der Waals surface area contributed by atoms with Gasteiger partial charge in [0.25, 0.3) is 0 Å². The van der Waals surface area contributed by atoms with Crippen LogP contribution >= 0.6 is 22.6 Å². The lowest BCUT2D eigenvalue weighted by atomic mass is 9.68. The molecule has 1 aliphatic heterocycles. The molecular formula is C34H40INO7. The van der Waals surface area contributed by atoms with Crippen LogP contribution in [0.1, 0.15) is 62.5 Å². The quantitative estimate of drug-likeness (QED) is 0.120. The minimum atomic E-state index is -1.02. The molecule has 0 spiro atoms. The zero-order valence-corrected chi connectivity index (χ0v) is 26.6. The van der Waals surface area contributed by atoms with Crippen molar-refractivity contribution in [1.82, 2.24) is 4.90 Å². The fourth-order valence-electron chi connectivity index (χ4n) is 7.26. The first-order valence-electron chi connectivity index (χ1n) is 15.1. The number of amides is 2. The van der Waals surface area contributed by atoms with Gasteiger partial charge in [0.15, 0.2) is 11.5 Å². The zero-order valence-electron chi connectivity index (χ0n) is 24.4. The first-order chi connectivity index (χ1) is 20.8. The number of likely N-dealkylation sites (tertiary alicyclic amines) is 1. The average molecular weight is 702 g/mol. The summed E-state index contributed by atoms with van der Waals surface area (Å²) in [5.41, 5.74) is 3.78. The smallest absolute Gasteiger partial charge is 0.234 e. The lowest BCUT2D eigenvalue weighted by Crippen LogP contribution is -2.42. The molecule has 2 fully saturated rings. The van der Waals surface area contributed by atoms with Crippen LogP contribution in [0.3, 0.4) is 0 Å². The molecule has 8 nitrogen and oxygen atoms in total. The number of rotatable bonds is 10. The van der Waals surface area contributed by atoms with Crippen molar-refractivity contribution in [2.24, 2.45) is 17.8 Å². The van der Waals surface area contributed by atoms with E-state index in [-0.39, 0.29) is 49.7 Å². The Balaban J connectivity index is 1.42. The van der Waals surface area contributed by atoms with Gasteiger partial charge < -0.3 is 25.2 Å². The summed E-state index contributed by atoms with van der Waals surface area (Å²) >= 11 is 2.06. The van der Waals surface area contributed by atoms with Crippen molar-refractivity contribution in [1.29, 1.82) is 0 Å². The molecule has 2 aromatic carbocycles. The van der Waals surface area contributed by atoms with Crippen LogP contribution in [-0.4, -0.2) is 69.6 Å². The number of phenolic OH excluding ortho intramolecular Hbond substituents is 1. The minimum Gasteiger partial charge on any atom is -0.504 e. The van der Waals surface area contributed by atoms with Gasteiger partial charge in [0.1, 0.15) is 0 Å². The van der Waals surface area contributed by atoms with E-state index in [0.717, 1.165) is 48.8 Å². The number of aliphatic hydroxyl groups is 3. The maximum Gasteiger partial charge on any atom is 0.234 e. The summed E-state index contributed by atoms with van der Waals surface area (Å²) in [6.45, 7) is -0.730. The summed E-state index contributed by atoms with van der Waals surface area (Å²) in [6.07, 6.45) is 6.61. The number of carbonyl (C=O) groups is 2. The molecule has 4 atom stereocenters. The van der Waals surface area contributed by atoms with E-state index < -0.39 is 23.9 Å². The van der Waals surface area contributed by atoms with E-state index in [4.69, 9.17) is 4.74 Å². The van der Waals surface area contributed by atoms with Crippen molar-refractivity contribution >= 4 is 46.1 Å². The standard InChI is InChI=1S/C34H40INO7/c1-43-29-16-20(15-27(35)32(29)40)14-22(21-8-4-2-5-9-21)12-13-28(39)30-23(18-37)17-25-31(26(30)19-38)34(42)36(33(25)41)24-10-6-3-7-11-24/h2,4-5,8-9,14-16,24-26,28,31,37-40H,3,6-7,10-13,17-19H2,1H3/b22-14-/t25-,26+,28-,31-/m1/s1. The number of allylic oxidation sites excluding steroid dienone is 1. The molecule has 1 saturated carbocycles. The van der Waals surface area contributed by atoms with E-state index in [1.165, 1.54) is 12.0 Å². The number of phenols is 1. The number of hydrogen-bond acceptors (Lipinski definition) is 7. The van der Waals surface area contributed by atoms with Crippen LogP contribution < -0.4 is 4.74 Å². The summed E-state index contributed by atoms with van der Waals surface area (Å²) in [6, 6.07) is 13.3. The molecule has 43 heavy (non-hydrogen) atoms. The molecule has 230 valence electrons. The van der Waals surface area contributed by atoms with Crippen molar-refractivity contribution in [3.05, 3.63) is 68.3 Å². The van der Waals surface area contributed by atoms with Crippen molar-refractivity contribution in [3.63, 3.8) is 0 Å². The highest BCUT2D eigenvalue weighted by molar-refractivity contribution is 14.1. The molecule has 2 aromatic rings. The SMILES string of the molecule is COc1cc(/C=C(/CC[C@@H](O)C2=C(CO)C[C@H]3C(=O)N(C4CCCCC4)C(=O)[C@H]3[C@H]2CO)c2ccccc2)cc(I)c1O. The predicted molar refractivity (Wildman–Crippen MR) is 172 cm³/mol. The summed E-state index contributed by atoms with van der Waals surface area (Å²) in [4.78, 5) is 28.7. The van der Waals surface area contributed by atoms with Gasteiger partial charge in [0.05, 0.1) is 41.8 Å². The number of carbonyl (C=O) groups excluding carboxylic acids is 2. The second kappa shape index (κ2) is 13.9. The molecule has 1 saturated heterocycles. The van der Waals surface area contributed by atoms with Crippen LogP contribution in [0.4, 0.5) is 0 Å². The van der Waals surface area contributed by atoms with Gasteiger partial charge in [-0.15, -0.1) is 0 Å². The van der Waals surface area contributed by atoms with E-state index in [9.17, 15) is 30.0 Å². The number of nitrogens with zero attached hydrogens (tertiary/aromatic N) is 1.